The van der Waals surface area contributed by atoms with Crippen LogP contribution in [0.5, 0.6) is 0 Å². The number of nitrogen functional groups attached to an aromatic ring is 1. The van der Waals surface area contributed by atoms with Gasteiger partial charge in [-0.05, 0) is 36.0 Å². The molecule has 0 radical (unpaired) electrons. The topological polar surface area (TPSA) is 124 Å². The number of rotatable bonds is 11. The zero-order valence-electron chi connectivity index (χ0n) is 18.4. The normalized spacial score (nSPS) is 13.2. The summed E-state index contributed by atoms with van der Waals surface area (Å²) in [5.74, 6) is -0.617. The largest absolute Gasteiger partial charge is 0.434 e. The second-order valence-electron chi connectivity index (χ2n) is 8.35. The number of nitrogens with zero attached hydrogens (tertiary/aromatic N) is 4. The molecule has 9 heteroatoms. The third kappa shape index (κ3) is 4.57. The summed E-state index contributed by atoms with van der Waals surface area (Å²) in [6.07, 6.45) is 9.74. The van der Waals surface area contributed by atoms with E-state index in [2.05, 4.69) is 4.98 Å². The summed E-state index contributed by atoms with van der Waals surface area (Å²) >= 11 is 0. The van der Waals surface area contributed by atoms with E-state index in [1.54, 1.807) is 35.0 Å². The molecule has 2 heterocycles. The lowest BCUT2D eigenvalue weighted by Crippen LogP contribution is -2.40. The summed E-state index contributed by atoms with van der Waals surface area (Å²) in [6.45, 7) is 0.998. The smallest absolute Gasteiger partial charge is 0.398 e. The lowest BCUT2D eigenvalue weighted by Gasteiger charge is -2.27. The van der Waals surface area contributed by atoms with Crippen LogP contribution in [0.4, 0.5) is 11.6 Å². The summed E-state index contributed by atoms with van der Waals surface area (Å²) in [7, 11) is 0. The van der Waals surface area contributed by atoms with Crippen LogP contribution in [0.15, 0.2) is 42.7 Å². The van der Waals surface area contributed by atoms with Crippen LogP contribution in [0.3, 0.4) is 0 Å². The fourth-order valence-electron chi connectivity index (χ4n) is 4.46. The number of nitrogens with two attached hydrogens (primary N) is 1. The minimum absolute atomic E-state index is 0.112. The van der Waals surface area contributed by atoms with Crippen molar-refractivity contribution < 1.29 is 14.5 Å². The van der Waals surface area contributed by atoms with Gasteiger partial charge in [0.15, 0.2) is 0 Å². The fourth-order valence-corrected chi connectivity index (χ4v) is 4.46. The Balaban J connectivity index is 1.19. The molecule has 0 aliphatic carbocycles. The molecule has 0 saturated carbocycles. The van der Waals surface area contributed by atoms with E-state index in [1.807, 2.05) is 6.07 Å². The van der Waals surface area contributed by atoms with Crippen molar-refractivity contribution in [3.8, 4) is 0 Å². The number of hydrogen-bond donors (Lipinski definition) is 1. The number of carbonyl (C=O) groups excluding carboxylic acids is 2. The van der Waals surface area contributed by atoms with E-state index < -0.39 is 4.92 Å². The lowest BCUT2D eigenvalue weighted by molar-refractivity contribution is -0.396. The Morgan fingerprint density at radius 2 is 1.52 bits per heavy atom. The standard InChI is InChI=1S/C24H27N5O4/c25-20-12-11-19-21-17(20)9-8-10-18(21)22(30)28(23(19)31)15-7-5-3-1-2-4-6-14-27-16-13-26-24(27)29(32)33/h8-13,16H,1-7,14-15,25H2. The number of carbonyl (C=O) groups is 2. The summed E-state index contributed by atoms with van der Waals surface area (Å²) in [5, 5.41) is 12.3. The molecule has 9 nitrogen and oxygen atoms in total. The van der Waals surface area contributed by atoms with Gasteiger partial charge in [0.1, 0.15) is 12.4 Å². The molecule has 2 amide bonds. The van der Waals surface area contributed by atoms with Crippen molar-refractivity contribution in [1.82, 2.24) is 14.5 Å². The number of anilines is 1. The van der Waals surface area contributed by atoms with E-state index >= 15 is 0 Å². The van der Waals surface area contributed by atoms with E-state index in [0.29, 0.717) is 35.3 Å². The van der Waals surface area contributed by atoms with Gasteiger partial charge in [-0.15, -0.1) is 0 Å². The first-order valence-electron chi connectivity index (χ1n) is 11.3. The quantitative estimate of drug-likeness (QED) is 0.150. The summed E-state index contributed by atoms with van der Waals surface area (Å²) in [5.41, 5.74) is 7.66. The highest BCUT2D eigenvalue weighted by atomic mass is 16.6. The number of unbranched alkanes of at least 4 members (excludes halogenated alkanes) is 6. The van der Waals surface area contributed by atoms with Gasteiger partial charge in [0, 0.05) is 34.1 Å². The first kappa shape index (κ1) is 22.4. The molecule has 1 aliphatic rings. The maximum absolute atomic E-state index is 12.9. The van der Waals surface area contributed by atoms with E-state index in [0.717, 1.165) is 50.3 Å². The highest BCUT2D eigenvalue weighted by Gasteiger charge is 2.32. The Morgan fingerprint density at radius 1 is 0.879 bits per heavy atom. The Bertz CT molecular complexity index is 1180. The van der Waals surface area contributed by atoms with Gasteiger partial charge in [0.05, 0.1) is 6.54 Å². The molecule has 33 heavy (non-hydrogen) atoms. The van der Waals surface area contributed by atoms with E-state index in [4.69, 9.17) is 5.73 Å². The molecule has 0 atom stereocenters. The van der Waals surface area contributed by atoms with Gasteiger partial charge < -0.3 is 15.8 Å². The van der Waals surface area contributed by atoms with Crippen molar-refractivity contribution in [1.29, 1.82) is 0 Å². The van der Waals surface area contributed by atoms with Crippen molar-refractivity contribution in [2.45, 2.75) is 51.5 Å². The molecule has 4 rings (SSSR count). The van der Waals surface area contributed by atoms with Gasteiger partial charge in [-0.25, -0.2) is 4.57 Å². The first-order chi connectivity index (χ1) is 16.0. The van der Waals surface area contributed by atoms with Gasteiger partial charge >= 0.3 is 5.95 Å². The molecule has 3 aromatic rings. The molecule has 1 aliphatic heterocycles. The number of imidazole rings is 1. The van der Waals surface area contributed by atoms with Crippen molar-refractivity contribution in [3.63, 3.8) is 0 Å². The van der Waals surface area contributed by atoms with Crippen LogP contribution in [0.25, 0.3) is 10.8 Å². The van der Waals surface area contributed by atoms with Gasteiger partial charge in [0.2, 0.25) is 0 Å². The molecule has 172 valence electrons. The second-order valence-corrected chi connectivity index (χ2v) is 8.35. The highest BCUT2D eigenvalue weighted by Crippen LogP contribution is 2.33. The number of hydrogen-bond acceptors (Lipinski definition) is 6. The van der Waals surface area contributed by atoms with Gasteiger partial charge in [0.25, 0.3) is 11.8 Å². The van der Waals surface area contributed by atoms with Crippen LogP contribution >= 0.6 is 0 Å². The van der Waals surface area contributed by atoms with Gasteiger partial charge in [-0.3, -0.25) is 14.5 Å². The molecule has 0 saturated heterocycles. The first-order valence-corrected chi connectivity index (χ1v) is 11.3. The predicted octanol–water partition coefficient (Wildman–Crippen LogP) is 4.55. The molecule has 2 N–H and O–H groups in total. The summed E-state index contributed by atoms with van der Waals surface area (Å²) in [6, 6.07) is 8.82. The predicted molar refractivity (Wildman–Crippen MR) is 125 cm³/mol. The Labute approximate surface area is 191 Å². The summed E-state index contributed by atoms with van der Waals surface area (Å²) in [4.78, 5) is 41.4. The van der Waals surface area contributed by atoms with Crippen molar-refractivity contribution in [2.24, 2.45) is 0 Å². The van der Waals surface area contributed by atoms with Crippen molar-refractivity contribution in [2.75, 3.05) is 12.3 Å². The van der Waals surface area contributed by atoms with Crippen LogP contribution in [0.2, 0.25) is 0 Å². The average Bonchev–Trinajstić information content (AvgIpc) is 3.28. The number of nitro groups is 1. The Morgan fingerprint density at radius 3 is 2.21 bits per heavy atom. The zero-order valence-corrected chi connectivity index (χ0v) is 18.4. The third-order valence-corrected chi connectivity index (χ3v) is 6.16. The maximum atomic E-state index is 12.9. The second kappa shape index (κ2) is 9.81. The molecule has 0 fully saturated rings. The highest BCUT2D eigenvalue weighted by molar-refractivity contribution is 6.26. The number of imide groups is 1. The monoisotopic (exact) mass is 449 g/mol. The van der Waals surface area contributed by atoms with Crippen LogP contribution in [0.1, 0.15) is 65.7 Å². The minimum atomic E-state index is -0.466. The van der Waals surface area contributed by atoms with Crippen LogP contribution in [-0.4, -0.2) is 37.7 Å². The maximum Gasteiger partial charge on any atom is 0.434 e. The molecule has 0 spiro atoms. The summed E-state index contributed by atoms with van der Waals surface area (Å²) < 4.78 is 1.57. The molecule has 2 aromatic carbocycles. The zero-order chi connectivity index (χ0) is 23.4. The minimum Gasteiger partial charge on any atom is -0.398 e. The fraction of sp³-hybridized carbons (Fsp3) is 0.375. The van der Waals surface area contributed by atoms with Crippen LogP contribution in [-0.2, 0) is 6.54 Å². The molecule has 1 aromatic heterocycles. The van der Waals surface area contributed by atoms with Crippen molar-refractivity contribution >= 4 is 34.2 Å². The number of benzene rings is 2. The van der Waals surface area contributed by atoms with E-state index in [9.17, 15) is 19.7 Å². The number of aryl methyl sites for hydroxylation is 1. The molecular formula is C24H27N5O4. The lowest BCUT2D eigenvalue weighted by atomic mass is 9.93. The molecule has 0 bridgehead atoms. The average molecular weight is 450 g/mol. The van der Waals surface area contributed by atoms with Crippen LogP contribution in [0, 0.1) is 10.1 Å². The molecule has 0 unspecified atom stereocenters. The number of amides is 2. The third-order valence-electron chi connectivity index (χ3n) is 6.16. The van der Waals surface area contributed by atoms with E-state index in [-0.39, 0.29) is 17.8 Å². The van der Waals surface area contributed by atoms with E-state index in [1.165, 1.54) is 11.1 Å². The Kier molecular flexibility index (Phi) is 6.67. The molecular weight excluding hydrogens is 422 g/mol. The SMILES string of the molecule is Nc1ccc2c3c(cccc13)C(=O)N(CCCCCCCCCn1ccnc1[N+](=O)[O-])C2=O. The van der Waals surface area contributed by atoms with Crippen molar-refractivity contribution in [3.05, 3.63) is 64.0 Å². The van der Waals surface area contributed by atoms with Gasteiger partial charge in [-0.1, -0.05) is 49.2 Å². The van der Waals surface area contributed by atoms with Crippen LogP contribution < -0.4 is 5.73 Å². The number of aromatic nitrogens is 2. The Hall–Kier alpha value is -3.75. The van der Waals surface area contributed by atoms with Gasteiger partial charge in [-0.2, -0.15) is 0 Å².